The van der Waals surface area contributed by atoms with Crippen molar-refractivity contribution in [3.8, 4) is 0 Å². The second-order valence-corrected chi connectivity index (χ2v) is 5.51. The Bertz CT molecular complexity index is 102. The van der Waals surface area contributed by atoms with Gasteiger partial charge in [-0.05, 0) is 0 Å². The fourth-order valence-corrected chi connectivity index (χ4v) is 0.146. The van der Waals surface area contributed by atoms with E-state index in [1.165, 1.54) is 0 Å². The molecule has 0 aliphatic heterocycles. The maximum atomic E-state index is 9.46. The van der Waals surface area contributed by atoms with E-state index in [-0.39, 0.29) is 0 Å². The van der Waals surface area contributed by atoms with Crippen LogP contribution in [0.1, 0.15) is 0 Å². The van der Waals surface area contributed by atoms with Crippen molar-refractivity contribution in [1.82, 2.24) is 0 Å². The van der Waals surface area contributed by atoms with E-state index in [9.17, 15) is 14.7 Å². The first-order chi connectivity index (χ1) is 3.68. The maximum absolute atomic E-state index is 9.46. The molecule has 0 aromatic heterocycles. The molecule has 48 valence electrons. The van der Waals surface area contributed by atoms with Gasteiger partial charge in [0, 0.05) is 0 Å². The SMILES string of the molecule is O=[N][Fe]([Br])([N]=O)[N]=O. The molecule has 0 aliphatic carbocycles. The molecule has 0 rings (SSSR count). The van der Waals surface area contributed by atoms with Crippen LogP contribution in [0.5, 0.6) is 0 Å². The second kappa shape index (κ2) is 2.95. The van der Waals surface area contributed by atoms with Crippen LogP contribution in [0, 0.1) is 14.7 Å². The predicted molar refractivity (Wildman–Crippen MR) is 26.3 cm³/mol. The Morgan fingerprint density at radius 3 is 1.25 bits per heavy atom. The molecule has 0 aromatic carbocycles. The molecule has 8 heteroatoms. The number of nitrogens with zero attached hydrogens (tertiary/aromatic N) is 3. The van der Waals surface area contributed by atoms with Gasteiger partial charge in [-0.1, -0.05) is 0 Å². The van der Waals surface area contributed by atoms with Crippen molar-refractivity contribution in [3.05, 3.63) is 14.7 Å². The van der Waals surface area contributed by atoms with Crippen LogP contribution < -0.4 is 0 Å². The summed E-state index contributed by atoms with van der Waals surface area (Å²) < 4.78 is 6.27. The normalized spacial score (nSPS) is 12.1. The van der Waals surface area contributed by atoms with Crippen LogP contribution in [-0.4, -0.2) is 0 Å². The zero-order chi connectivity index (χ0) is 6.62. The van der Waals surface area contributed by atoms with E-state index in [0.29, 0.717) is 0 Å². The monoisotopic (exact) mass is 225 g/mol. The summed E-state index contributed by atoms with van der Waals surface area (Å²) in [7, 11) is 0. The van der Waals surface area contributed by atoms with Crippen LogP contribution in [0.25, 0.3) is 0 Å². The molecule has 0 radical (unpaired) electrons. The fraction of sp³-hybridized carbons (Fsp3) is 0. The van der Waals surface area contributed by atoms with Crippen LogP contribution >= 0.6 is 14.1 Å². The third-order valence-electron chi connectivity index (χ3n) is 0.246. The number of hydrogen-bond acceptors (Lipinski definition) is 6. The molecule has 0 N–H and O–H groups in total. The van der Waals surface area contributed by atoms with Gasteiger partial charge in [-0.3, -0.25) is 0 Å². The molecule has 0 amide bonds. The molecule has 0 aromatic rings. The molecular formula is BrFeN3O3. The first kappa shape index (κ1) is 7.80. The Morgan fingerprint density at radius 1 is 1.00 bits per heavy atom. The zero-order valence-electron chi connectivity index (χ0n) is 3.30. The first-order valence-corrected chi connectivity index (χ1v) is 5.37. The van der Waals surface area contributed by atoms with Crippen molar-refractivity contribution < 1.29 is 11.7 Å². The molecule has 0 fully saturated rings. The molecule has 0 heterocycles. The van der Waals surface area contributed by atoms with Crippen LogP contribution in [0.2, 0.25) is 0 Å². The van der Waals surface area contributed by atoms with Gasteiger partial charge in [-0.15, -0.1) is 0 Å². The molecular weight excluding hydrogens is 226 g/mol. The molecule has 0 saturated heterocycles. The van der Waals surface area contributed by atoms with Crippen LogP contribution in [0.3, 0.4) is 0 Å². The molecule has 0 unspecified atom stereocenters. The molecule has 8 heavy (non-hydrogen) atoms. The molecule has 0 bridgehead atoms. The quantitative estimate of drug-likeness (QED) is 0.539. The summed E-state index contributed by atoms with van der Waals surface area (Å²) in [6, 6.07) is 0. The summed E-state index contributed by atoms with van der Waals surface area (Å²) in [6.45, 7) is 0. The molecule has 0 saturated carbocycles. The van der Waals surface area contributed by atoms with Crippen molar-refractivity contribution in [2.75, 3.05) is 0 Å². The van der Waals surface area contributed by atoms with Crippen molar-refractivity contribution in [1.29, 1.82) is 0 Å². The zero-order valence-corrected chi connectivity index (χ0v) is 5.99. The average molecular weight is 226 g/mol. The number of nitroso groups, excluding NO2 is 3. The third kappa shape index (κ3) is 1.73. The second-order valence-electron chi connectivity index (χ2n) is 0.585. The Balaban J connectivity index is 4.18. The van der Waals surface area contributed by atoms with Crippen molar-refractivity contribution in [3.63, 3.8) is 0 Å². The Labute approximate surface area is 53.5 Å². The summed E-state index contributed by atoms with van der Waals surface area (Å²) in [5.74, 6) is 0. The number of rotatable bonds is 3. The van der Waals surface area contributed by atoms with Gasteiger partial charge < -0.3 is 0 Å². The third-order valence-corrected chi connectivity index (χ3v) is 2.28. The van der Waals surface area contributed by atoms with E-state index < -0.39 is 11.7 Å². The average Bonchev–Trinajstić information content (AvgIpc) is 1.87. The van der Waals surface area contributed by atoms with E-state index >= 15 is 0 Å². The minimum absolute atomic E-state index is 2.09. The van der Waals surface area contributed by atoms with Gasteiger partial charge in [0.2, 0.25) is 0 Å². The van der Waals surface area contributed by atoms with Gasteiger partial charge in [-0.2, -0.15) is 0 Å². The fourth-order valence-electron chi connectivity index (χ4n) is 0.0354. The van der Waals surface area contributed by atoms with E-state index in [2.05, 4.69) is 26.7 Å². The van der Waals surface area contributed by atoms with Crippen LogP contribution in [0.15, 0.2) is 12.6 Å². The number of hydrogen-bond donors (Lipinski definition) is 0. The Morgan fingerprint density at radius 2 is 1.25 bits per heavy atom. The molecule has 0 spiro atoms. The predicted octanol–water partition coefficient (Wildman–Crippen LogP) is 1.49. The van der Waals surface area contributed by atoms with Gasteiger partial charge in [0.25, 0.3) is 0 Å². The van der Waals surface area contributed by atoms with E-state index in [1.807, 2.05) is 0 Å². The summed E-state index contributed by atoms with van der Waals surface area (Å²) in [6.07, 6.45) is 0. The molecule has 6 nitrogen and oxygen atoms in total. The van der Waals surface area contributed by atoms with Gasteiger partial charge in [0.15, 0.2) is 0 Å². The van der Waals surface area contributed by atoms with Gasteiger partial charge in [0.1, 0.15) is 0 Å². The summed E-state index contributed by atoms with van der Waals surface area (Å²) in [5, 5.41) is 0. The van der Waals surface area contributed by atoms with Gasteiger partial charge in [0.05, 0.1) is 0 Å². The van der Waals surface area contributed by atoms with Crippen molar-refractivity contribution in [2.24, 2.45) is 12.6 Å². The Hall–Kier alpha value is -0.201. The Kier molecular flexibility index (Phi) is 2.88. The topological polar surface area (TPSA) is 88.3 Å². The van der Waals surface area contributed by atoms with Crippen LogP contribution in [-0.2, 0) is 11.7 Å². The standard InChI is InChI=1S/BrH.Fe.3NO/c;;3*1-2/h1H;;;;/q;+4;3*-1/p-1. The van der Waals surface area contributed by atoms with Gasteiger partial charge >= 0.3 is 53.1 Å². The summed E-state index contributed by atoms with van der Waals surface area (Å²) in [5.41, 5.74) is 0. The van der Waals surface area contributed by atoms with E-state index in [0.717, 1.165) is 0 Å². The molecule has 0 atom stereocenters. The van der Waals surface area contributed by atoms with Crippen LogP contribution in [0.4, 0.5) is 0 Å². The summed E-state index contributed by atoms with van der Waals surface area (Å²) >= 11 is -1.15. The molecule has 0 aliphatic rings. The van der Waals surface area contributed by atoms with E-state index in [1.54, 1.807) is 0 Å². The summed E-state index contributed by atoms with van der Waals surface area (Å²) in [4.78, 5) is 28.4. The number of halogens is 1. The van der Waals surface area contributed by atoms with Crippen molar-refractivity contribution in [2.45, 2.75) is 0 Å². The van der Waals surface area contributed by atoms with Crippen molar-refractivity contribution >= 4 is 14.1 Å². The minimum atomic E-state index is -3.52. The first-order valence-electron chi connectivity index (χ1n) is 1.16. The van der Waals surface area contributed by atoms with E-state index in [4.69, 9.17) is 0 Å². The van der Waals surface area contributed by atoms with Gasteiger partial charge in [-0.25, -0.2) is 0 Å².